The molecule has 1 heterocycles. The Morgan fingerprint density at radius 2 is 2.38 bits per heavy atom. The molecule has 0 aromatic rings. The van der Waals surface area contributed by atoms with Gasteiger partial charge in [0, 0.05) is 12.5 Å². The van der Waals surface area contributed by atoms with Crippen molar-refractivity contribution >= 4 is 6.09 Å². The van der Waals surface area contributed by atoms with E-state index in [0.29, 0.717) is 0 Å². The van der Waals surface area contributed by atoms with Crippen LogP contribution in [0.25, 0.3) is 0 Å². The van der Waals surface area contributed by atoms with Crippen LogP contribution in [0.5, 0.6) is 0 Å². The third-order valence-electron chi connectivity index (χ3n) is 2.32. The maximum absolute atomic E-state index is 11.4. The molecule has 1 fully saturated rings. The molecule has 2 rings (SSSR count). The molecule has 0 aromatic carbocycles. The Balaban J connectivity index is 2.30. The van der Waals surface area contributed by atoms with Crippen LogP contribution in [0.2, 0.25) is 0 Å². The van der Waals surface area contributed by atoms with Gasteiger partial charge in [-0.3, -0.25) is 4.90 Å². The number of fused-ring (bicyclic) bond motifs is 1. The summed E-state index contributed by atoms with van der Waals surface area (Å²) in [5.41, 5.74) is 1.00. The molecule has 3 nitrogen and oxygen atoms in total. The molecular weight excluding hydrogens is 166 g/mol. The molecule has 0 saturated carbocycles. The first-order valence-corrected chi connectivity index (χ1v) is 4.56. The van der Waals surface area contributed by atoms with Crippen molar-refractivity contribution in [2.45, 2.75) is 32.4 Å². The largest absolute Gasteiger partial charge is 0.439 e. The highest BCUT2D eigenvalue weighted by molar-refractivity contribution is 5.74. The highest BCUT2D eigenvalue weighted by Gasteiger charge is 2.37. The number of hydrogen-bond acceptors (Lipinski definition) is 2. The monoisotopic (exact) mass is 179 g/mol. The third kappa shape index (κ3) is 1.24. The number of allylic oxidation sites excluding steroid dienone is 2. The SMILES string of the molecule is CC(C)N1C(=O)OC2CC=CC=C21. The summed E-state index contributed by atoms with van der Waals surface area (Å²) in [6.07, 6.45) is 6.50. The summed E-state index contributed by atoms with van der Waals surface area (Å²) in [6, 6.07) is 0.176. The van der Waals surface area contributed by atoms with Gasteiger partial charge in [0.2, 0.25) is 0 Å². The van der Waals surface area contributed by atoms with Crippen LogP contribution >= 0.6 is 0 Å². The minimum Gasteiger partial charge on any atom is -0.439 e. The minimum absolute atomic E-state index is 0.0418. The van der Waals surface area contributed by atoms with Crippen molar-refractivity contribution in [1.82, 2.24) is 4.90 Å². The van der Waals surface area contributed by atoms with Crippen molar-refractivity contribution in [3.8, 4) is 0 Å². The fourth-order valence-electron chi connectivity index (χ4n) is 1.73. The van der Waals surface area contributed by atoms with Crippen molar-refractivity contribution in [2.24, 2.45) is 0 Å². The van der Waals surface area contributed by atoms with E-state index in [1.54, 1.807) is 4.90 Å². The molecule has 1 aliphatic heterocycles. The molecule has 0 aromatic heterocycles. The van der Waals surface area contributed by atoms with Gasteiger partial charge in [-0.1, -0.05) is 12.2 Å². The van der Waals surface area contributed by atoms with Crippen molar-refractivity contribution in [3.05, 3.63) is 23.9 Å². The van der Waals surface area contributed by atoms with E-state index in [2.05, 4.69) is 0 Å². The summed E-state index contributed by atoms with van der Waals surface area (Å²) in [5.74, 6) is 0. The van der Waals surface area contributed by atoms with E-state index in [4.69, 9.17) is 4.74 Å². The maximum Gasteiger partial charge on any atom is 0.415 e. The molecule has 1 aliphatic carbocycles. The molecule has 2 aliphatic rings. The molecular formula is C10H13NO2. The number of nitrogens with zero attached hydrogens (tertiary/aromatic N) is 1. The number of amides is 1. The quantitative estimate of drug-likeness (QED) is 0.616. The van der Waals surface area contributed by atoms with E-state index < -0.39 is 0 Å². The van der Waals surface area contributed by atoms with E-state index in [-0.39, 0.29) is 18.2 Å². The lowest BCUT2D eigenvalue weighted by molar-refractivity contribution is 0.130. The highest BCUT2D eigenvalue weighted by Crippen LogP contribution is 2.29. The minimum atomic E-state index is -0.213. The molecule has 1 unspecified atom stereocenters. The van der Waals surface area contributed by atoms with Crippen LogP contribution in [0.3, 0.4) is 0 Å². The number of hydrogen-bond donors (Lipinski definition) is 0. The van der Waals surface area contributed by atoms with Gasteiger partial charge in [0.05, 0.1) is 5.70 Å². The zero-order valence-corrected chi connectivity index (χ0v) is 7.86. The van der Waals surface area contributed by atoms with Gasteiger partial charge in [-0.05, 0) is 19.9 Å². The maximum atomic E-state index is 11.4. The van der Waals surface area contributed by atoms with Crippen LogP contribution in [0.15, 0.2) is 23.9 Å². The zero-order valence-electron chi connectivity index (χ0n) is 7.86. The Hall–Kier alpha value is -1.25. The summed E-state index contributed by atoms with van der Waals surface area (Å²) in [7, 11) is 0. The Morgan fingerprint density at radius 1 is 1.62 bits per heavy atom. The van der Waals surface area contributed by atoms with Gasteiger partial charge < -0.3 is 4.74 Å². The highest BCUT2D eigenvalue weighted by atomic mass is 16.6. The molecule has 0 radical (unpaired) electrons. The molecule has 70 valence electrons. The first kappa shape index (κ1) is 8.35. The second-order valence-electron chi connectivity index (χ2n) is 3.59. The lowest BCUT2D eigenvalue weighted by Gasteiger charge is -2.20. The lowest BCUT2D eigenvalue weighted by Crippen LogP contribution is -2.30. The standard InChI is InChI=1S/C10H13NO2/c1-7(2)11-8-5-3-4-6-9(8)13-10(11)12/h3-5,7,9H,6H2,1-2H3. The predicted octanol–water partition coefficient (Wildman–Crippen LogP) is 2.06. The molecule has 3 heteroatoms. The topological polar surface area (TPSA) is 29.5 Å². The van der Waals surface area contributed by atoms with E-state index >= 15 is 0 Å². The third-order valence-corrected chi connectivity index (χ3v) is 2.32. The smallest absolute Gasteiger partial charge is 0.415 e. The van der Waals surface area contributed by atoms with Crippen LogP contribution in [0.1, 0.15) is 20.3 Å². The molecule has 0 spiro atoms. The molecule has 1 atom stereocenters. The van der Waals surface area contributed by atoms with Gasteiger partial charge in [0.15, 0.2) is 0 Å². The number of carbonyl (C=O) groups is 1. The van der Waals surface area contributed by atoms with Crippen molar-refractivity contribution < 1.29 is 9.53 Å². The van der Waals surface area contributed by atoms with Gasteiger partial charge >= 0.3 is 6.09 Å². The van der Waals surface area contributed by atoms with Crippen LogP contribution in [0.4, 0.5) is 4.79 Å². The van der Waals surface area contributed by atoms with Crippen LogP contribution in [0, 0.1) is 0 Å². The summed E-state index contributed by atoms with van der Waals surface area (Å²) in [4.78, 5) is 13.1. The average Bonchev–Trinajstić information content (AvgIpc) is 2.39. The summed E-state index contributed by atoms with van der Waals surface area (Å²) in [6.45, 7) is 3.98. The first-order chi connectivity index (χ1) is 6.20. The Morgan fingerprint density at radius 3 is 3.08 bits per heavy atom. The van der Waals surface area contributed by atoms with Gasteiger partial charge in [0.25, 0.3) is 0 Å². The van der Waals surface area contributed by atoms with Gasteiger partial charge in [0.1, 0.15) is 6.10 Å². The fraction of sp³-hybridized carbons (Fsp3) is 0.500. The lowest BCUT2D eigenvalue weighted by atomic mass is 10.1. The molecule has 0 bridgehead atoms. The number of ether oxygens (including phenoxy) is 1. The molecule has 1 amide bonds. The average molecular weight is 179 g/mol. The molecule has 1 saturated heterocycles. The van der Waals surface area contributed by atoms with Crippen LogP contribution in [-0.2, 0) is 4.74 Å². The van der Waals surface area contributed by atoms with Crippen molar-refractivity contribution in [1.29, 1.82) is 0 Å². The van der Waals surface area contributed by atoms with Crippen LogP contribution in [-0.4, -0.2) is 23.1 Å². The normalized spacial score (nSPS) is 26.1. The first-order valence-electron chi connectivity index (χ1n) is 4.56. The second kappa shape index (κ2) is 2.91. The van der Waals surface area contributed by atoms with E-state index in [1.807, 2.05) is 32.1 Å². The second-order valence-corrected chi connectivity index (χ2v) is 3.59. The number of carbonyl (C=O) groups excluding carboxylic acids is 1. The van der Waals surface area contributed by atoms with E-state index in [9.17, 15) is 4.79 Å². The molecule has 13 heavy (non-hydrogen) atoms. The van der Waals surface area contributed by atoms with Gasteiger partial charge in [-0.15, -0.1) is 0 Å². The van der Waals surface area contributed by atoms with Crippen molar-refractivity contribution in [3.63, 3.8) is 0 Å². The summed E-state index contributed by atoms with van der Waals surface area (Å²) >= 11 is 0. The van der Waals surface area contributed by atoms with Gasteiger partial charge in [-0.25, -0.2) is 4.79 Å². The summed E-state index contributed by atoms with van der Waals surface area (Å²) in [5, 5.41) is 0. The van der Waals surface area contributed by atoms with E-state index in [1.165, 1.54) is 0 Å². The van der Waals surface area contributed by atoms with Crippen molar-refractivity contribution in [2.75, 3.05) is 0 Å². The molecule has 0 N–H and O–H groups in total. The predicted molar refractivity (Wildman–Crippen MR) is 49.1 cm³/mol. The Kier molecular flexibility index (Phi) is 1.87. The fourth-order valence-corrected chi connectivity index (χ4v) is 1.73. The van der Waals surface area contributed by atoms with Gasteiger partial charge in [-0.2, -0.15) is 0 Å². The van der Waals surface area contributed by atoms with Crippen LogP contribution < -0.4 is 0 Å². The Labute approximate surface area is 77.7 Å². The zero-order chi connectivity index (χ0) is 9.42. The number of rotatable bonds is 1. The van der Waals surface area contributed by atoms with E-state index in [0.717, 1.165) is 12.1 Å². The summed E-state index contributed by atoms with van der Waals surface area (Å²) < 4.78 is 5.21. The Bertz CT molecular complexity index is 291.